The second-order valence-corrected chi connectivity index (χ2v) is 15.5. The second-order valence-electron chi connectivity index (χ2n) is 15.5. The predicted molar refractivity (Wildman–Crippen MR) is 168 cm³/mol. The summed E-state index contributed by atoms with van der Waals surface area (Å²) in [6.07, 6.45) is 2.81. The van der Waals surface area contributed by atoms with E-state index in [1.807, 2.05) is 20.9 Å². The van der Waals surface area contributed by atoms with Gasteiger partial charge in [-0.25, -0.2) is 0 Å². The average Bonchev–Trinajstić information content (AvgIpc) is 2.83. The second kappa shape index (κ2) is 13.7. The molecule has 1 aromatic carbocycles. The van der Waals surface area contributed by atoms with Crippen LogP contribution < -0.4 is 21.4 Å². The first-order valence-electron chi connectivity index (χ1n) is 14.9. The van der Waals surface area contributed by atoms with E-state index in [0.29, 0.717) is 36.2 Å². The van der Waals surface area contributed by atoms with Crippen LogP contribution in [-0.4, -0.2) is 42.7 Å². The molecule has 0 saturated heterocycles. The number of likely N-dealkylation sites (N-methyl/N-ethyl adjacent to an activating group) is 1. The molecule has 40 heavy (non-hydrogen) atoms. The zero-order chi connectivity index (χ0) is 31.2. The molecule has 0 spiro atoms. The summed E-state index contributed by atoms with van der Waals surface area (Å²) < 4.78 is 0. The number of hydrogen-bond donors (Lipinski definition) is 5. The normalized spacial score (nSPS) is 14.8. The van der Waals surface area contributed by atoms with Crippen LogP contribution >= 0.6 is 0 Å². The standard InChI is InChI=1S/C33H60N4O3/c1-29(2,3)22-24(18-20-35-27(38)23-14-16-25(37-40)17-15-23)31(7,8)32(9,10)26(30(4,5)6)19-21-36-28(39)33(11,12)34-13/h14-17,24,26,34,37,40H,18-22H2,1-13H3,(H,35,38)(H,36,39). The molecule has 0 aliphatic heterocycles. The highest BCUT2D eigenvalue weighted by molar-refractivity contribution is 5.94. The Balaban J connectivity index is 3.14. The summed E-state index contributed by atoms with van der Waals surface area (Å²) >= 11 is 0. The highest BCUT2D eigenvalue weighted by Gasteiger charge is 2.50. The molecule has 0 bridgehead atoms. The molecule has 2 atom stereocenters. The van der Waals surface area contributed by atoms with Gasteiger partial charge in [0.2, 0.25) is 5.91 Å². The Morgan fingerprint density at radius 2 is 1.30 bits per heavy atom. The van der Waals surface area contributed by atoms with Crippen molar-refractivity contribution in [3.63, 3.8) is 0 Å². The number of amides is 2. The topological polar surface area (TPSA) is 102 Å². The molecule has 0 aromatic heterocycles. The van der Waals surface area contributed by atoms with Gasteiger partial charge < -0.3 is 16.0 Å². The molecule has 0 aliphatic rings. The highest BCUT2D eigenvalue weighted by Crippen LogP contribution is 2.57. The van der Waals surface area contributed by atoms with Crippen LogP contribution in [-0.2, 0) is 4.79 Å². The molecule has 1 rings (SSSR count). The average molecular weight is 561 g/mol. The SMILES string of the molecule is CNC(C)(C)C(=O)NCCC(C(C)(C)C)C(C)(C)C(C)(C)C(CCNC(=O)c1ccc(NO)cc1)CC(C)(C)C. The molecule has 1 aromatic rings. The molecule has 2 unspecified atom stereocenters. The van der Waals surface area contributed by atoms with Gasteiger partial charge in [-0.3, -0.25) is 20.3 Å². The third-order valence-corrected chi connectivity index (χ3v) is 9.42. The van der Waals surface area contributed by atoms with E-state index in [1.165, 1.54) is 0 Å². The van der Waals surface area contributed by atoms with Crippen LogP contribution in [0.1, 0.15) is 113 Å². The summed E-state index contributed by atoms with van der Waals surface area (Å²) in [6, 6.07) is 6.77. The van der Waals surface area contributed by atoms with Crippen LogP contribution in [0.4, 0.5) is 5.69 Å². The van der Waals surface area contributed by atoms with Crippen molar-refractivity contribution in [1.29, 1.82) is 0 Å². The van der Waals surface area contributed by atoms with Gasteiger partial charge in [0.15, 0.2) is 0 Å². The van der Waals surface area contributed by atoms with Crippen molar-refractivity contribution >= 4 is 17.5 Å². The molecule has 7 nitrogen and oxygen atoms in total. The summed E-state index contributed by atoms with van der Waals surface area (Å²) in [5.41, 5.74) is 2.68. The molecular formula is C33H60N4O3. The summed E-state index contributed by atoms with van der Waals surface area (Å²) in [5, 5.41) is 18.4. The molecular weight excluding hydrogens is 500 g/mol. The number of carbonyl (C=O) groups excluding carboxylic acids is 2. The van der Waals surface area contributed by atoms with Crippen molar-refractivity contribution in [2.45, 2.75) is 108 Å². The third-order valence-electron chi connectivity index (χ3n) is 9.42. The Morgan fingerprint density at radius 3 is 1.75 bits per heavy atom. The Kier molecular flexibility index (Phi) is 12.3. The number of rotatable bonds is 14. The fraction of sp³-hybridized carbons (Fsp3) is 0.758. The van der Waals surface area contributed by atoms with E-state index in [4.69, 9.17) is 5.21 Å². The molecule has 2 amide bonds. The van der Waals surface area contributed by atoms with E-state index in [9.17, 15) is 9.59 Å². The van der Waals surface area contributed by atoms with Gasteiger partial charge in [-0.2, -0.15) is 0 Å². The lowest BCUT2D eigenvalue weighted by Crippen LogP contribution is -2.53. The largest absolute Gasteiger partial charge is 0.355 e. The summed E-state index contributed by atoms with van der Waals surface area (Å²) in [7, 11) is 1.81. The monoisotopic (exact) mass is 560 g/mol. The van der Waals surface area contributed by atoms with Crippen LogP contribution in [0.25, 0.3) is 0 Å². The van der Waals surface area contributed by atoms with E-state index in [0.717, 1.165) is 19.3 Å². The van der Waals surface area contributed by atoms with E-state index in [1.54, 1.807) is 24.3 Å². The van der Waals surface area contributed by atoms with Crippen LogP contribution in [0.5, 0.6) is 0 Å². The van der Waals surface area contributed by atoms with Crippen molar-refractivity contribution in [3.05, 3.63) is 29.8 Å². The number of hydrogen-bond acceptors (Lipinski definition) is 5. The fourth-order valence-corrected chi connectivity index (χ4v) is 6.13. The number of carbonyl (C=O) groups is 2. The van der Waals surface area contributed by atoms with E-state index in [2.05, 4.69) is 90.7 Å². The third kappa shape index (κ3) is 9.76. The minimum absolute atomic E-state index is 0.0170. The van der Waals surface area contributed by atoms with Gasteiger partial charge in [0, 0.05) is 18.7 Å². The van der Waals surface area contributed by atoms with Crippen LogP contribution in [0, 0.1) is 33.5 Å². The van der Waals surface area contributed by atoms with E-state index >= 15 is 0 Å². The number of benzene rings is 1. The first-order chi connectivity index (χ1) is 18.1. The minimum atomic E-state index is -0.605. The lowest BCUT2D eigenvalue weighted by molar-refractivity contribution is -0.126. The van der Waals surface area contributed by atoms with Crippen molar-refractivity contribution in [2.75, 3.05) is 25.6 Å². The maximum Gasteiger partial charge on any atom is 0.251 e. The van der Waals surface area contributed by atoms with Crippen molar-refractivity contribution < 1.29 is 14.8 Å². The highest BCUT2D eigenvalue weighted by atomic mass is 16.5. The van der Waals surface area contributed by atoms with Gasteiger partial charge in [-0.15, -0.1) is 0 Å². The maximum atomic E-state index is 12.8. The van der Waals surface area contributed by atoms with Gasteiger partial charge in [-0.05, 0) is 97.9 Å². The van der Waals surface area contributed by atoms with Gasteiger partial charge in [-0.1, -0.05) is 69.2 Å². The zero-order valence-electron chi connectivity index (χ0n) is 27.8. The smallest absolute Gasteiger partial charge is 0.251 e. The van der Waals surface area contributed by atoms with Crippen LogP contribution in [0.3, 0.4) is 0 Å². The Bertz CT molecular complexity index is 953. The first-order valence-corrected chi connectivity index (χ1v) is 14.9. The van der Waals surface area contributed by atoms with Crippen LogP contribution in [0.2, 0.25) is 0 Å². The van der Waals surface area contributed by atoms with Crippen molar-refractivity contribution in [1.82, 2.24) is 16.0 Å². The lowest BCUT2D eigenvalue weighted by Gasteiger charge is -2.56. The molecule has 0 saturated carbocycles. The van der Waals surface area contributed by atoms with Gasteiger partial charge in [0.05, 0.1) is 11.2 Å². The molecule has 0 fully saturated rings. The van der Waals surface area contributed by atoms with E-state index < -0.39 is 5.54 Å². The van der Waals surface area contributed by atoms with Crippen molar-refractivity contribution in [2.24, 2.45) is 33.5 Å². The van der Waals surface area contributed by atoms with Crippen LogP contribution in [0.15, 0.2) is 24.3 Å². The zero-order valence-corrected chi connectivity index (χ0v) is 27.8. The van der Waals surface area contributed by atoms with Gasteiger partial charge in [0.25, 0.3) is 5.91 Å². The van der Waals surface area contributed by atoms with Crippen molar-refractivity contribution in [3.8, 4) is 0 Å². The summed E-state index contributed by atoms with van der Waals surface area (Å²) in [5.74, 6) is 0.627. The molecule has 0 heterocycles. The fourth-order valence-electron chi connectivity index (χ4n) is 6.13. The predicted octanol–water partition coefficient (Wildman–Crippen LogP) is 6.88. The molecule has 0 aliphatic carbocycles. The molecule has 5 N–H and O–H groups in total. The Hall–Kier alpha value is -2.12. The quantitative estimate of drug-likeness (QED) is 0.160. The molecule has 0 radical (unpaired) electrons. The minimum Gasteiger partial charge on any atom is -0.355 e. The van der Waals surface area contributed by atoms with Gasteiger partial charge >= 0.3 is 0 Å². The Labute approximate surface area is 245 Å². The first kappa shape index (κ1) is 35.9. The summed E-state index contributed by atoms with van der Waals surface area (Å²) in [6.45, 7) is 28.4. The number of anilines is 1. The maximum absolute atomic E-state index is 12.8. The molecule has 230 valence electrons. The molecule has 7 heteroatoms. The Morgan fingerprint density at radius 1 is 0.775 bits per heavy atom. The van der Waals surface area contributed by atoms with E-state index in [-0.39, 0.29) is 33.5 Å². The lowest BCUT2D eigenvalue weighted by atomic mass is 9.49. The van der Waals surface area contributed by atoms with Gasteiger partial charge in [0.1, 0.15) is 0 Å². The number of nitrogens with one attached hydrogen (secondary N) is 4. The summed E-state index contributed by atoms with van der Waals surface area (Å²) in [4.78, 5) is 25.6.